The molecule has 0 amide bonds. The van der Waals surface area contributed by atoms with Crippen molar-refractivity contribution in [2.75, 3.05) is 17.2 Å². The molecule has 27 heavy (non-hydrogen) atoms. The van der Waals surface area contributed by atoms with E-state index in [0.717, 1.165) is 54.3 Å². The minimum absolute atomic E-state index is 0.337. The van der Waals surface area contributed by atoms with E-state index in [1.54, 1.807) is 10.7 Å². The van der Waals surface area contributed by atoms with Gasteiger partial charge in [-0.1, -0.05) is 0 Å². The Kier molecular flexibility index (Phi) is 5.11. The maximum absolute atomic E-state index is 6.02. The van der Waals surface area contributed by atoms with Gasteiger partial charge in [-0.05, 0) is 56.9 Å². The first kappa shape index (κ1) is 17.6. The molecule has 0 unspecified atom stereocenters. The second-order valence-corrected chi connectivity index (χ2v) is 6.98. The molecule has 1 aliphatic carbocycles. The fourth-order valence-corrected chi connectivity index (χ4v) is 3.51. The number of fused-ring (bicyclic) bond motifs is 1. The molecule has 1 aliphatic rings. The molecule has 142 valence electrons. The first-order valence-electron chi connectivity index (χ1n) is 9.57. The lowest BCUT2D eigenvalue weighted by atomic mass is 9.92. The van der Waals surface area contributed by atoms with Gasteiger partial charge in [-0.2, -0.15) is 0 Å². The van der Waals surface area contributed by atoms with Gasteiger partial charge in [-0.15, -0.1) is 5.10 Å². The van der Waals surface area contributed by atoms with Gasteiger partial charge in [0, 0.05) is 36.2 Å². The molecule has 4 rings (SSSR count). The van der Waals surface area contributed by atoms with Crippen LogP contribution in [0.15, 0.2) is 42.7 Å². The lowest BCUT2D eigenvalue weighted by Crippen LogP contribution is -2.33. The number of nitrogens with two attached hydrogens (primary N) is 1. The Morgan fingerprint density at radius 2 is 1.96 bits per heavy atom. The van der Waals surface area contributed by atoms with Crippen LogP contribution in [-0.2, 0) is 0 Å². The molecule has 1 saturated carbocycles. The molecule has 1 aromatic carbocycles. The maximum atomic E-state index is 6.02. The van der Waals surface area contributed by atoms with E-state index in [1.165, 1.54) is 0 Å². The van der Waals surface area contributed by atoms with Crippen LogP contribution < -0.4 is 21.1 Å². The van der Waals surface area contributed by atoms with Crippen molar-refractivity contribution in [3.05, 3.63) is 42.7 Å². The fraction of sp³-hybridized carbons (Fsp3) is 0.400. The van der Waals surface area contributed by atoms with Crippen LogP contribution in [0.3, 0.4) is 0 Å². The van der Waals surface area contributed by atoms with Crippen molar-refractivity contribution in [3.8, 4) is 5.75 Å². The van der Waals surface area contributed by atoms with Gasteiger partial charge in [0.1, 0.15) is 11.6 Å². The normalized spacial score (nSPS) is 19.8. The van der Waals surface area contributed by atoms with Crippen molar-refractivity contribution < 1.29 is 4.74 Å². The third kappa shape index (κ3) is 4.14. The smallest absolute Gasteiger partial charge is 0.177 e. The SMILES string of the molecule is CCOc1ccc(Nc2cc(NC3CCC(N)CC3)nn3ccnc23)cc1. The summed E-state index contributed by atoms with van der Waals surface area (Å²) in [5, 5.41) is 11.6. The second kappa shape index (κ2) is 7.84. The van der Waals surface area contributed by atoms with E-state index in [-0.39, 0.29) is 0 Å². The van der Waals surface area contributed by atoms with E-state index >= 15 is 0 Å². The van der Waals surface area contributed by atoms with Gasteiger partial charge >= 0.3 is 0 Å². The molecule has 1 fully saturated rings. The van der Waals surface area contributed by atoms with Gasteiger partial charge in [0.2, 0.25) is 0 Å². The topological polar surface area (TPSA) is 89.5 Å². The van der Waals surface area contributed by atoms with Crippen molar-refractivity contribution in [1.29, 1.82) is 0 Å². The van der Waals surface area contributed by atoms with Gasteiger partial charge in [0.05, 0.1) is 12.3 Å². The summed E-state index contributed by atoms with van der Waals surface area (Å²) in [5.74, 6) is 1.70. The minimum atomic E-state index is 0.337. The van der Waals surface area contributed by atoms with Crippen LogP contribution in [0.2, 0.25) is 0 Å². The summed E-state index contributed by atoms with van der Waals surface area (Å²) in [6.07, 6.45) is 7.89. The van der Waals surface area contributed by atoms with Crippen molar-refractivity contribution in [1.82, 2.24) is 14.6 Å². The average Bonchev–Trinajstić information content (AvgIpc) is 3.14. The zero-order chi connectivity index (χ0) is 18.6. The maximum Gasteiger partial charge on any atom is 0.177 e. The molecule has 7 nitrogen and oxygen atoms in total. The third-order valence-corrected chi connectivity index (χ3v) is 4.93. The highest BCUT2D eigenvalue weighted by Gasteiger charge is 2.19. The van der Waals surface area contributed by atoms with Crippen molar-refractivity contribution in [2.24, 2.45) is 5.73 Å². The lowest BCUT2D eigenvalue weighted by Gasteiger charge is -2.27. The number of imidazole rings is 1. The summed E-state index contributed by atoms with van der Waals surface area (Å²) >= 11 is 0. The monoisotopic (exact) mass is 366 g/mol. The molecular formula is C20H26N6O. The molecule has 3 aromatic rings. The molecule has 2 aromatic heterocycles. The van der Waals surface area contributed by atoms with Crippen LogP contribution in [0.5, 0.6) is 5.75 Å². The number of hydrogen-bond acceptors (Lipinski definition) is 6. The largest absolute Gasteiger partial charge is 0.494 e. The molecule has 2 heterocycles. The molecule has 0 aliphatic heterocycles. The molecule has 0 saturated heterocycles. The number of nitrogens with one attached hydrogen (secondary N) is 2. The number of aromatic nitrogens is 3. The van der Waals surface area contributed by atoms with E-state index in [1.807, 2.05) is 43.5 Å². The van der Waals surface area contributed by atoms with Gasteiger partial charge in [0.25, 0.3) is 0 Å². The van der Waals surface area contributed by atoms with E-state index in [0.29, 0.717) is 18.7 Å². The van der Waals surface area contributed by atoms with E-state index in [2.05, 4.69) is 20.7 Å². The summed E-state index contributed by atoms with van der Waals surface area (Å²) in [5.41, 5.74) is 8.69. The highest BCUT2D eigenvalue weighted by atomic mass is 16.5. The first-order chi connectivity index (χ1) is 13.2. The third-order valence-electron chi connectivity index (χ3n) is 4.93. The van der Waals surface area contributed by atoms with Gasteiger partial charge in [0.15, 0.2) is 5.65 Å². The predicted molar refractivity (Wildman–Crippen MR) is 108 cm³/mol. The number of benzene rings is 1. The molecule has 7 heteroatoms. The van der Waals surface area contributed by atoms with Crippen LogP contribution >= 0.6 is 0 Å². The van der Waals surface area contributed by atoms with Crippen LogP contribution in [0.1, 0.15) is 32.6 Å². The average molecular weight is 366 g/mol. The quantitative estimate of drug-likeness (QED) is 0.618. The van der Waals surface area contributed by atoms with E-state index in [9.17, 15) is 0 Å². The molecule has 0 bridgehead atoms. The molecule has 0 atom stereocenters. The van der Waals surface area contributed by atoms with E-state index in [4.69, 9.17) is 10.5 Å². The van der Waals surface area contributed by atoms with Gasteiger partial charge < -0.3 is 21.1 Å². The van der Waals surface area contributed by atoms with Crippen molar-refractivity contribution in [3.63, 3.8) is 0 Å². The Balaban J connectivity index is 1.55. The molecule has 0 spiro atoms. The Morgan fingerprint density at radius 3 is 2.70 bits per heavy atom. The first-order valence-corrected chi connectivity index (χ1v) is 9.57. The molecular weight excluding hydrogens is 340 g/mol. The Hall–Kier alpha value is -2.80. The van der Waals surface area contributed by atoms with E-state index < -0.39 is 0 Å². The number of hydrogen-bond donors (Lipinski definition) is 3. The number of anilines is 3. The number of ether oxygens (including phenoxy) is 1. The highest BCUT2D eigenvalue weighted by Crippen LogP contribution is 2.26. The fourth-order valence-electron chi connectivity index (χ4n) is 3.51. The Bertz CT molecular complexity index is 883. The summed E-state index contributed by atoms with van der Waals surface area (Å²) in [6.45, 7) is 2.64. The zero-order valence-corrected chi connectivity index (χ0v) is 15.6. The number of nitrogens with zero attached hydrogens (tertiary/aromatic N) is 3. The lowest BCUT2D eigenvalue weighted by molar-refractivity contribution is 0.340. The molecule has 4 N–H and O–H groups in total. The van der Waals surface area contributed by atoms with Gasteiger partial charge in [-0.3, -0.25) is 0 Å². The van der Waals surface area contributed by atoms with Gasteiger partial charge in [-0.25, -0.2) is 9.50 Å². The second-order valence-electron chi connectivity index (χ2n) is 6.98. The van der Waals surface area contributed by atoms with Crippen LogP contribution in [0.4, 0.5) is 17.2 Å². The standard InChI is InChI=1S/C20H26N6O/c1-2-27-17-9-7-15(8-10-17)23-18-13-19(25-26-12-11-22-20(18)26)24-16-5-3-14(21)4-6-16/h7-14,16,23H,2-6,21H2,1H3,(H,24,25). The Morgan fingerprint density at radius 1 is 1.19 bits per heavy atom. The van der Waals surface area contributed by atoms with Crippen molar-refractivity contribution in [2.45, 2.75) is 44.7 Å². The zero-order valence-electron chi connectivity index (χ0n) is 15.6. The summed E-state index contributed by atoms with van der Waals surface area (Å²) in [6, 6.07) is 10.7. The summed E-state index contributed by atoms with van der Waals surface area (Å²) in [4.78, 5) is 4.43. The van der Waals surface area contributed by atoms with Crippen molar-refractivity contribution >= 4 is 22.8 Å². The van der Waals surface area contributed by atoms with Crippen LogP contribution in [0.25, 0.3) is 5.65 Å². The molecule has 0 radical (unpaired) electrons. The van der Waals surface area contributed by atoms with Crippen LogP contribution in [0, 0.1) is 0 Å². The number of rotatable bonds is 6. The predicted octanol–water partition coefficient (Wildman–Crippen LogP) is 3.55. The van der Waals surface area contributed by atoms with Crippen LogP contribution in [-0.4, -0.2) is 33.3 Å². The highest BCUT2D eigenvalue weighted by molar-refractivity contribution is 5.75. The summed E-state index contributed by atoms with van der Waals surface area (Å²) in [7, 11) is 0. The summed E-state index contributed by atoms with van der Waals surface area (Å²) < 4.78 is 7.31. The Labute approximate surface area is 158 Å². The minimum Gasteiger partial charge on any atom is -0.494 e.